The summed E-state index contributed by atoms with van der Waals surface area (Å²) in [7, 11) is 1.44. The third kappa shape index (κ3) is 4.96. The summed E-state index contributed by atoms with van der Waals surface area (Å²) in [6.07, 6.45) is -3.43. The van der Waals surface area contributed by atoms with Crippen LogP contribution in [0, 0.1) is 5.92 Å². The Morgan fingerprint density at radius 3 is 2.64 bits per heavy atom. The van der Waals surface area contributed by atoms with Gasteiger partial charge in [0, 0.05) is 25.0 Å². The average Bonchev–Trinajstić information content (AvgIpc) is 2.91. The molecule has 9 heteroatoms. The van der Waals surface area contributed by atoms with Crippen LogP contribution < -0.4 is 0 Å². The second-order valence-corrected chi connectivity index (χ2v) is 6.44. The largest absolute Gasteiger partial charge is 0.511 e. The molecule has 1 unspecified atom stereocenters. The van der Waals surface area contributed by atoms with Gasteiger partial charge in [-0.3, -0.25) is 9.59 Å². The van der Waals surface area contributed by atoms with Gasteiger partial charge in [-0.15, -0.1) is 0 Å². The second-order valence-electron chi connectivity index (χ2n) is 6.44. The molecule has 0 radical (unpaired) electrons. The summed E-state index contributed by atoms with van der Waals surface area (Å²) in [5, 5.41) is 10.1. The number of alkyl halides is 3. The van der Waals surface area contributed by atoms with Crippen molar-refractivity contribution < 1.29 is 37.3 Å². The van der Waals surface area contributed by atoms with Gasteiger partial charge < -0.3 is 14.6 Å². The zero-order chi connectivity index (χ0) is 20.9. The number of hydrogen-bond donors (Lipinski definition) is 1. The van der Waals surface area contributed by atoms with Crippen LogP contribution in [0.5, 0.6) is 0 Å². The predicted molar refractivity (Wildman–Crippen MR) is 92.8 cm³/mol. The Labute approximate surface area is 160 Å². The Balaban J connectivity index is 2.36. The Morgan fingerprint density at radius 1 is 1.32 bits per heavy atom. The fourth-order valence-electron chi connectivity index (χ4n) is 3.02. The summed E-state index contributed by atoms with van der Waals surface area (Å²) in [6.45, 7) is 1.81. The molecular formula is C19H22F3NO5. The Bertz CT molecular complexity index is 773. The standard InChI is InChI=1S/C19H22F3NO5/c1-3-4-11-9-14(24)16(17(11)25)18(26)12-5-6-15(19(20,21)22)23-13(12)10-28-8-7-27-2/h5-6,11,24H,3-4,7-10H2,1-2H3. The van der Waals surface area contributed by atoms with Gasteiger partial charge in [-0.1, -0.05) is 13.3 Å². The number of allylic oxidation sites excluding steroid dienone is 2. The van der Waals surface area contributed by atoms with Crippen LogP contribution in [0.4, 0.5) is 13.2 Å². The van der Waals surface area contributed by atoms with E-state index in [9.17, 15) is 27.9 Å². The molecule has 2 rings (SSSR count). The Morgan fingerprint density at radius 2 is 2.04 bits per heavy atom. The molecule has 0 spiro atoms. The molecule has 1 aliphatic carbocycles. The zero-order valence-corrected chi connectivity index (χ0v) is 15.6. The number of Topliss-reactive ketones (excluding diaryl/α,β-unsaturated/α-hetero) is 2. The van der Waals surface area contributed by atoms with Gasteiger partial charge in [-0.25, -0.2) is 4.98 Å². The maximum atomic E-state index is 13.0. The lowest BCUT2D eigenvalue weighted by Crippen LogP contribution is -2.20. The van der Waals surface area contributed by atoms with E-state index in [1.165, 1.54) is 7.11 Å². The van der Waals surface area contributed by atoms with E-state index in [0.29, 0.717) is 18.9 Å². The second kappa shape index (κ2) is 9.29. The van der Waals surface area contributed by atoms with E-state index in [-0.39, 0.29) is 48.8 Å². The van der Waals surface area contributed by atoms with Crippen LogP contribution in [0.3, 0.4) is 0 Å². The molecule has 0 fully saturated rings. The Kier molecular flexibility index (Phi) is 7.31. The highest BCUT2D eigenvalue weighted by Crippen LogP contribution is 2.33. The molecule has 1 N–H and O–H groups in total. The fraction of sp³-hybridized carbons (Fsp3) is 0.526. The van der Waals surface area contributed by atoms with Gasteiger partial charge in [0.05, 0.1) is 25.5 Å². The van der Waals surface area contributed by atoms with Crippen LogP contribution >= 0.6 is 0 Å². The van der Waals surface area contributed by atoms with Crippen molar-refractivity contribution in [2.45, 2.75) is 39.0 Å². The molecule has 1 aromatic rings. The number of hydrogen-bond acceptors (Lipinski definition) is 6. The smallest absolute Gasteiger partial charge is 0.433 e. The number of rotatable bonds is 9. The van der Waals surface area contributed by atoms with E-state index in [2.05, 4.69) is 4.98 Å². The van der Waals surface area contributed by atoms with Gasteiger partial charge in [-0.2, -0.15) is 13.2 Å². The molecule has 1 aliphatic rings. The predicted octanol–water partition coefficient (Wildman–Crippen LogP) is 3.65. The van der Waals surface area contributed by atoms with Crippen molar-refractivity contribution in [3.8, 4) is 0 Å². The fourth-order valence-corrected chi connectivity index (χ4v) is 3.02. The normalized spacial score (nSPS) is 17.5. The van der Waals surface area contributed by atoms with Crippen LogP contribution in [0.25, 0.3) is 0 Å². The molecule has 0 saturated heterocycles. The van der Waals surface area contributed by atoms with Gasteiger partial charge in [-0.05, 0) is 18.6 Å². The number of ketones is 2. The quantitative estimate of drug-likeness (QED) is 0.386. The first-order valence-electron chi connectivity index (χ1n) is 8.85. The lowest BCUT2D eigenvalue weighted by Gasteiger charge is -2.13. The van der Waals surface area contributed by atoms with Crippen molar-refractivity contribution in [2.24, 2.45) is 5.92 Å². The van der Waals surface area contributed by atoms with E-state index in [1.807, 2.05) is 6.92 Å². The highest BCUT2D eigenvalue weighted by Gasteiger charge is 2.39. The van der Waals surface area contributed by atoms with Crippen LogP contribution in [0.15, 0.2) is 23.5 Å². The third-order valence-electron chi connectivity index (χ3n) is 4.39. The molecule has 0 bridgehead atoms. The first-order chi connectivity index (χ1) is 13.2. The number of pyridine rings is 1. The van der Waals surface area contributed by atoms with Gasteiger partial charge in [0.15, 0.2) is 5.78 Å². The SMILES string of the molecule is CCCC1CC(O)=C(C(=O)c2ccc(C(F)(F)F)nc2COCCOC)C1=O. The van der Waals surface area contributed by atoms with E-state index in [4.69, 9.17) is 9.47 Å². The van der Waals surface area contributed by atoms with E-state index in [1.54, 1.807) is 0 Å². The number of aliphatic hydroxyl groups excluding tert-OH is 1. The summed E-state index contributed by atoms with van der Waals surface area (Å²) in [4.78, 5) is 28.8. The minimum Gasteiger partial charge on any atom is -0.511 e. The maximum absolute atomic E-state index is 13.0. The molecule has 6 nitrogen and oxygen atoms in total. The average molecular weight is 401 g/mol. The lowest BCUT2D eigenvalue weighted by molar-refractivity contribution is -0.141. The molecule has 1 heterocycles. The van der Waals surface area contributed by atoms with Gasteiger partial charge in [0.25, 0.3) is 0 Å². The molecule has 154 valence electrons. The van der Waals surface area contributed by atoms with Crippen LogP contribution in [-0.2, 0) is 27.1 Å². The summed E-state index contributed by atoms with van der Waals surface area (Å²) in [5.74, 6) is -2.16. The summed E-state index contributed by atoms with van der Waals surface area (Å²) in [5.41, 5.74) is -1.99. The topological polar surface area (TPSA) is 85.7 Å². The van der Waals surface area contributed by atoms with Gasteiger partial charge >= 0.3 is 6.18 Å². The number of aromatic nitrogens is 1. The van der Waals surface area contributed by atoms with E-state index in [0.717, 1.165) is 6.07 Å². The number of aliphatic hydroxyl groups is 1. The van der Waals surface area contributed by atoms with Crippen LogP contribution in [0.1, 0.15) is 47.9 Å². The monoisotopic (exact) mass is 401 g/mol. The molecule has 0 aromatic carbocycles. The minimum absolute atomic E-state index is 0.0570. The van der Waals surface area contributed by atoms with E-state index < -0.39 is 29.4 Å². The van der Waals surface area contributed by atoms with Crippen LogP contribution in [-0.4, -0.2) is 42.0 Å². The minimum atomic E-state index is -4.69. The molecule has 28 heavy (non-hydrogen) atoms. The van der Waals surface area contributed by atoms with Crippen molar-refractivity contribution >= 4 is 11.6 Å². The third-order valence-corrected chi connectivity index (χ3v) is 4.39. The van der Waals surface area contributed by atoms with Crippen molar-refractivity contribution in [3.63, 3.8) is 0 Å². The van der Waals surface area contributed by atoms with Gasteiger partial charge in [0.1, 0.15) is 17.0 Å². The lowest BCUT2D eigenvalue weighted by atomic mass is 9.94. The van der Waals surface area contributed by atoms with Crippen molar-refractivity contribution in [1.29, 1.82) is 0 Å². The molecule has 0 saturated carbocycles. The number of ether oxygens (including phenoxy) is 2. The first-order valence-corrected chi connectivity index (χ1v) is 8.85. The summed E-state index contributed by atoms with van der Waals surface area (Å²) >= 11 is 0. The zero-order valence-electron chi connectivity index (χ0n) is 15.6. The summed E-state index contributed by atoms with van der Waals surface area (Å²) in [6, 6.07) is 1.64. The number of nitrogens with zero attached hydrogens (tertiary/aromatic N) is 1. The Hall–Kier alpha value is -2.26. The number of carbonyl (C=O) groups excluding carboxylic acids is 2. The maximum Gasteiger partial charge on any atom is 0.433 e. The van der Waals surface area contributed by atoms with Crippen molar-refractivity contribution in [3.05, 3.63) is 40.4 Å². The molecule has 0 amide bonds. The number of methoxy groups -OCH3 is 1. The number of halogens is 3. The van der Waals surface area contributed by atoms with Gasteiger partial charge in [0.2, 0.25) is 5.78 Å². The van der Waals surface area contributed by atoms with Crippen molar-refractivity contribution in [1.82, 2.24) is 4.98 Å². The van der Waals surface area contributed by atoms with Crippen molar-refractivity contribution in [2.75, 3.05) is 20.3 Å². The highest BCUT2D eigenvalue weighted by atomic mass is 19.4. The molecule has 1 atom stereocenters. The van der Waals surface area contributed by atoms with Crippen LogP contribution in [0.2, 0.25) is 0 Å². The molecular weight excluding hydrogens is 379 g/mol. The summed E-state index contributed by atoms with van der Waals surface area (Å²) < 4.78 is 49.0. The number of carbonyl (C=O) groups is 2. The molecule has 1 aromatic heterocycles. The van der Waals surface area contributed by atoms with E-state index >= 15 is 0 Å². The molecule has 0 aliphatic heterocycles. The highest BCUT2D eigenvalue weighted by molar-refractivity contribution is 6.28. The first kappa shape index (κ1) is 22.0.